The van der Waals surface area contributed by atoms with Crippen LogP contribution >= 0.6 is 0 Å². The van der Waals surface area contributed by atoms with Gasteiger partial charge in [-0.2, -0.15) is 0 Å². The van der Waals surface area contributed by atoms with Gasteiger partial charge < -0.3 is 15.2 Å². The highest BCUT2D eigenvalue weighted by molar-refractivity contribution is 5.99. The molecule has 0 spiro atoms. The number of nitrogens with zero attached hydrogens (tertiary/aromatic N) is 1. The van der Waals surface area contributed by atoms with E-state index in [-0.39, 0.29) is 5.91 Å². The van der Waals surface area contributed by atoms with Crippen molar-refractivity contribution in [1.29, 1.82) is 0 Å². The number of carbonyl (C=O) groups excluding carboxylic acids is 1. The monoisotopic (exact) mass is 301 g/mol. The summed E-state index contributed by atoms with van der Waals surface area (Å²) in [6.45, 7) is 12.1. The summed E-state index contributed by atoms with van der Waals surface area (Å²) in [5, 5.41) is 4.18. The van der Waals surface area contributed by atoms with E-state index in [1.54, 1.807) is 0 Å². The normalized spacial score (nSPS) is 11.3. The highest BCUT2D eigenvalue weighted by Crippen LogP contribution is 2.23. The molecule has 1 heterocycles. The molecular weight excluding hydrogens is 274 g/mol. The number of aryl methyl sites for hydroxylation is 2. The molecule has 0 atom stereocenters. The molecule has 0 saturated heterocycles. The first kappa shape index (κ1) is 16.6. The lowest BCUT2D eigenvalue weighted by molar-refractivity contribution is 0.0949. The van der Waals surface area contributed by atoms with Crippen molar-refractivity contribution >= 4 is 16.8 Å². The molecule has 2 N–H and O–H groups in total. The minimum atomic E-state index is 0.00922. The molecule has 22 heavy (non-hydrogen) atoms. The lowest BCUT2D eigenvalue weighted by atomic mass is 10.1. The third kappa shape index (κ3) is 3.50. The van der Waals surface area contributed by atoms with Gasteiger partial charge in [0, 0.05) is 35.2 Å². The molecule has 1 aromatic carbocycles. The molecule has 0 unspecified atom stereocenters. The van der Waals surface area contributed by atoms with Crippen molar-refractivity contribution in [3.63, 3.8) is 0 Å². The largest absolute Gasteiger partial charge is 0.358 e. The van der Waals surface area contributed by atoms with Crippen LogP contribution in [0, 0.1) is 6.92 Å². The van der Waals surface area contributed by atoms with Crippen LogP contribution in [0.1, 0.15) is 42.4 Å². The summed E-state index contributed by atoms with van der Waals surface area (Å²) in [5.74, 6) is 0.00922. The number of amides is 1. The van der Waals surface area contributed by atoms with Gasteiger partial charge in [-0.1, -0.05) is 20.8 Å². The fraction of sp³-hybridized carbons (Fsp3) is 0.500. The van der Waals surface area contributed by atoms with E-state index in [4.69, 9.17) is 0 Å². The van der Waals surface area contributed by atoms with Crippen LogP contribution in [0.15, 0.2) is 18.2 Å². The average Bonchev–Trinajstić information content (AvgIpc) is 2.85. The third-order valence-corrected chi connectivity index (χ3v) is 4.34. The van der Waals surface area contributed by atoms with Crippen LogP contribution in [-0.4, -0.2) is 42.0 Å². The Hall–Kier alpha value is -1.81. The topological polar surface area (TPSA) is 48.1 Å². The van der Waals surface area contributed by atoms with E-state index in [1.807, 2.05) is 18.2 Å². The van der Waals surface area contributed by atoms with Crippen LogP contribution in [0.5, 0.6) is 0 Å². The van der Waals surface area contributed by atoms with Crippen LogP contribution < -0.4 is 5.32 Å². The molecule has 1 amide bonds. The maximum atomic E-state index is 12.3. The third-order valence-electron chi connectivity index (χ3n) is 4.34. The highest BCUT2D eigenvalue weighted by atomic mass is 16.1. The second kappa shape index (κ2) is 7.45. The smallest absolute Gasteiger partial charge is 0.251 e. The number of hydrogen-bond acceptors (Lipinski definition) is 2. The molecule has 0 aliphatic rings. The van der Waals surface area contributed by atoms with Crippen LogP contribution in [0.2, 0.25) is 0 Å². The van der Waals surface area contributed by atoms with Gasteiger partial charge in [-0.3, -0.25) is 4.79 Å². The van der Waals surface area contributed by atoms with E-state index in [1.165, 1.54) is 11.3 Å². The van der Waals surface area contributed by atoms with Crippen LogP contribution in [0.3, 0.4) is 0 Å². The van der Waals surface area contributed by atoms with E-state index in [0.717, 1.165) is 42.5 Å². The number of aromatic amines is 1. The van der Waals surface area contributed by atoms with Gasteiger partial charge in [-0.25, -0.2) is 0 Å². The Kier molecular flexibility index (Phi) is 5.61. The van der Waals surface area contributed by atoms with Crippen molar-refractivity contribution in [2.75, 3.05) is 26.2 Å². The second-order valence-electron chi connectivity index (χ2n) is 5.63. The Morgan fingerprint density at radius 3 is 2.59 bits per heavy atom. The first-order chi connectivity index (χ1) is 10.6. The van der Waals surface area contributed by atoms with Crippen LogP contribution in [0.4, 0.5) is 0 Å². The van der Waals surface area contributed by atoms with Crippen LogP contribution in [-0.2, 0) is 6.42 Å². The molecule has 2 rings (SSSR count). The van der Waals surface area contributed by atoms with Gasteiger partial charge in [-0.15, -0.1) is 0 Å². The molecule has 4 nitrogen and oxygen atoms in total. The summed E-state index contributed by atoms with van der Waals surface area (Å²) >= 11 is 0. The summed E-state index contributed by atoms with van der Waals surface area (Å²) in [6, 6.07) is 5.90. The van der Waals surface area contributed by atoms with Crippen LogP contribution in [0.25, 0.3) is 10.9 Å². The zero-order chi connectivity index (χ0) is 16.1. The number of carbonyl (C=O) groups is 1. The highest BCUT2D eigenvalue weighted by Gasteiger charge is 2.11. The fourth-order valence-corrected chi connectivity index (χ4v) is 2.95. The number of hydrogen-bond donors (Lipinski definition) is 2. The minimum Gasteiger partial charge on any atom is -0.358 e. The fourth-order valence-electron chi connectivity index (χ4n) is 2.95. The van der Waals surface area contributed by atoms with Crippen molar-refractivity contribution in [2.24, 2.45) is 0 Å². The number of likely N-dealkylation sites (N-methyl/N-ethyl adjacent to an activating group) is 1. The predicted molar refractivity (Wildman–Crippen MR) is 92.5 cm³/mol. The second-order valence-corrected chi connectivity index (χ2v) is 5.63. The van der Waals surface area contributed by atoms with Crippen molar-refractivity contribution < 1.29 is 4.79 Å². The molecule has 0 aliphatic carbocycles. The summed E-state index contributed by atoms with van der Waals surface area (Å²) in [5.41, 5.74) is 4.33. The first-order valence-corrected chi connectivity index (χ1v) is 8.22. The Labute approximate surface area is 132 Å². The first-order valence-electron chi connectivity index (χ1n) is 8.22. The maximum absolute atomic E-state index is 12.3. The molecule has 4 heteroatoms. The summed E-state index contributed by atoms with van der Waals surface area (Å²) in [6.07, 6.45) is 0.971. The number of benzene rings is 1. The van der Waals surface area contributed by atoms with Gasteiger partial charge in [0.1, 0.15) is 0 Å². The molecule has 0 bridgehead atoms. The Morgan fingerprint density at radius 1 is 1.23 bits per heavy atom. The van der Waals surface area contributed by atoms with Crippen molar-refractivity contribution in [1.82, 2.24) is 15.2 Å². The maximum Gasteiger partial charge on any atom is 0.251 e. The van der Waals surface area contributed by atoms with Gasteiger partial charge in [-0.05, 0) is 50.2 Å². The molecular formula is C18H27N3O. The van der Waals surface area contributed by atoms with E-state index in [2.05, 4.69) is 42.9 Å². The number of rotatable bonds is 7. The molecule has 2 aromatic rings. The van der Waals surface area contributed by atoms with Crippen molar-refractivity contribution in [3.8, 4) is 0 Å². The zero-order valence-electron chi connectivity index (χ0n) is 14.1. The van der Waals surface area contributed by atoms with E-state index in [9.17, 15) is 4.79 Å². The predicted octanol–water partition coefficient (Wildman–Crippen LogP) is 3.11. The number of fused-ring (bicyclic) bond motifs is 1. The van der Waals surface area contributed by atoms with Gasteiger partial charge in [0.15, 0.2) is 0 Å². The summed E-state index contributed by atoms with van der Waals surface area (Å²) in [7, 11) is 0. The lowest BCUT2D eigenvalue weighted by Crippen LogP contribution is -2.34. The lowest BCUT2D eigenvalue weighted by Gasteiger charge is -2.17. The summed E-state index contributed by atoms with van der Waals surface area (Å²) in [4.78, 5) is 18.0. The molecule has 0 fully saturated rings. The zero-order valence-corrected chi connectivity index (χ0v) is 14.1. The van der Waals surface area contributed by atoms with E-state index >= 15 is 0 Å². The van der Waals surface area contributed by atoms with Gasteiger partial charge in [0.2, 0.25) is 0 Å². The minimum absolute atomic E-state index is 0.00922. The molecule has 1 aromatic heterocycles. The summed E-state index contributed by atoms with van der Waals surface area (Å²) < 4.78 is 0. The number of nitrogens with one attached hydrogen (secondary N) is 2. The van der Waals surface area contributed by atoms with Gasteiger partial charge >= 0.3 is 0 Å². The SMILES string of the molecule is CCc1c(C)[nH]c2ccc(C(=O)NCCN(CC)CC)cc12. The standard InChI is InChI=1S/C18H27N3O/c1-5-15-13(4)20-17-9-8-14(12-16(15)17)18(22)19-10-11-21(6-2)7-3/h8-9,12,20H,5-7,10-11H2,1-4H3,(H,19,22). The van der Waals surface area contributed by atoms with Crippen molar-refractivity contribution in [3.05, 3.63) is 35.0 Å². The quantitative estimate of drug-likeness (QED) is 0.825. The molecule has 0 aliphatic heterocycles. The molecule has 120 valence electrons. The van der Waals surface area contributed by atoms with E-state index in [0.29, 0.717) is 6.54 Å². The Morgan fingerprint density at radius 2 is 1.95 bits per heavy atom. The number of aromatic nitrogens is 1. The average molecular weight is 301 g/mol. The van der Waals surface area contributed by atoms with Gasteiger partial charge in [0.25, 0.3) is 5.91 Å². The van der Waals surface area contributed by atoms with Crippen molar-refractivity contribution in [2.45, 2.75) is 34.1 Å². The van der Waals surface area contributed by atoms with Gasteiger partial charge in [0.05, 0.1) is 0 Å². The molecule has 0 radical (unpaired) electrons. The van der Waals surface area contributed by atoms with E-state index < -0.39 is 0 Å². The Bertz CT molecular complexity index is 641. The Balaban J connectivity index is 2.08. The molecule has 0 saturated carbocycles. The number of H-pyrrole nitrogens is 1.